The van der Waals surface area contributed by atoms with Gasteiger partial charge in [-0.3, -0.25) is 4.79 Å². The van der Waals surface area contributed by atoms with Gasteiger partial charge < -0.3 is 5.73 Å². The summed E-state index contributed by atoms with van der Waals surface area (Å²) in [7, 11) is 0. The molecule has 0 atom stereocenters. The van der Waals surface area contributed by atoms with E-state index < -0.39 is 0 Å². The SMILES string of the molecule is C=C(C)/C(C(C)=O)=C(\C)N. The number of carbonyl (C=O) groups excluding carboxylic acids is 1. The molecular weight excluding hydrogens is 126 g/mol. The van der Waals surface area contributed by atoms with Crippen molar-refractivity contribution in [1.29, 1.82) is 0 Å². The van der Waals surface area contributed by atoms with Crippen molar-refractivity contribution in [1.82, 2.24) is 0 Å². The standard InChI is InChI=1S/C8H13NO/c1-5(2)8(6(3)9)7(4)10/h1,9H2,2-4H3/b8-6-. The Kier molecular flexibility index (Phi) is 2.87. The number of carbonyl (C=O) groups is 1. The zero-order valence-corrected chi connectivity index (χ0v) is 6.69. The summed E-state index contributed by atoms with van der Waals surface area (Å²) >= 11 is 0. The summed E-state index contributed by atoms with van der Waals surface area (Å²) in [5.41, 5.74) is 7.26. The van der Waals surface area contributed by atoms with Gasteiger partial charge in [-0.1, -0.05) is 6.58 Å². The van der Waals surface area contributed by atoms with Crippen molar-refractivity contribution in [2.45, 2.75) is 20.8 Å². The molecule has 0 aromatic rings. The van der Waals surface area contributed by atoms with Crippen LogP contribution in [-0.4, -0.2) is 5.78 Å². The summed E-state index contributed by atoms with van der Waals surface area (Å²) in [6, 6.07) is 0. The molecule has 0 fully saturated rings. The normalized spacial score (nSPS) is 12.3. The van der Waals surface area contributed by atoms with Crippen molar-refractivity contribution >= 4 is 5.78 Å². The number of ketones is 1. The average Bonchev–Trinajstić information content (AvgIpc) is 1.59. The summed E-state index contributed by atoms with van der Waals surface area (Å²) in [4.78, 5) is 10.8. The second-order valence-corrected chi connectivity index (χ2v) is 2.39. The van der Waals surface area contributed by atoms with E-state index in [1.807, 2.05) is 0 Å². The number of hydrogen-bond acceptors (Lipinski definition) is 2. The van der Waals surface area contributed by atoms with E-state index in [-0.39, 0.29) is 5.78 Å². The maximum Gasteiger partial charge on any atom is 0.161 e. The van der Waals surface area contributed by atoms with Crippen molar-refractivity contribution in [3.8, 4) is 0 Å². The van der Waals surface area contributed by atoms with Crippen molar-refractivity contribution < 1.29 is 4.79 Å². The molecule has 0 aliphatic carbocycles. The quantitative estimate of drug-likeness (QED) is 0.464. The minimum absolute atomic E-state index is 0.0208. The van der Waals surface area contributed by atoms with Crippen LogP contribution in [0.25, 0.3) is 0 Å². The first-order valence-corrected chi connectivity index (χ1v) is 3.10. The highest BCUT2D eigenvalue weighted by molar-refractivity contribution is 5.97. The molecule has 56 valence electrons. The molecule has 0 radical (unpaired) electrons. The van der Waals surface area contributed by atoms with Crippen LogP contribution in [0.1, 0.15) is 20.8 Å². The second-order valence-electron chi connectivity index (χ2n) is 2.39. The summed E-state index contributed by atoms with van der Waals surface area (Å²) in [6.45, 7) is 8.60. The molecule has 0 heterocycles. The zero-order valence-electron chi connectivity index (χ0n) is 6.69. The van der Waals surface area contributed by atoms with E-state index in [9.17, 15) is 4.79 Å². The lowest BCUT2D eigenvalue weighted by molar-refractivity contribution is -0.113. The third kappa shape index (κ3) is 2.05. The highest BCUT2D eigenvalue weighted by atomic mass is 16.1. The molecule has 0 bridgehead atoms. The molecule has 0 saturated heterocycles. The van der Waals surface area contributed by atoms with Gasteiger partial charge in [-0.05, 0) is 26.3 Å². The Morgan fingerprint density at radius 1 is 1.30 bits per heavy atom. The van der Waals surface area contributed by atoms with Crippen LogP contribution in [0, 0.1) is 0 Å². The van der Waals surface area contributed by atoms with Gasteiger partial charge in [-0.2, -0.15) is 0 Å². The maximum absolute atomic E-state index is 10.8. The summed E-state index contributed by atoms with van der Waals surface area (Å²) in [5.74, 6) is -0.0208. The summed E-state index contributed by atoms with van der Waals surface area (Å²) in [5, 5.41) is 0. The molecule has 0 amide bonds. The molecule has 0 saturated carbocycles. The van der Waals surface area contributed by atoms with E-state index in [1.165, 1.54) is 6.92 Å². The number of nitrogens with two attached hydrogens (primary N) is 1. The third-order valence-electron chi connectivity index (χ3n) is 1.17. The Bertz CT molecular complexity index is 181. The van der Waals surface area contributed by atoms with Gasteiger partial charge in [0.05, 0.1) is 0 Å². The third-order valence-corrected chi connectivity index (χ3v) is 1.17. The monoisotopic (exact) mass is 139 g/mol. The first-order valence-electron chi connectivity index (χ1n) is 3.10. The smallest absolute Gasteiger partial charge is 0.161 e. The van der Waals surface area contributed by atoms with Gasteiger partial charge in [0.25, 0.3) is 0 Å². The van der Waals surface area contributed by atoms with E-state index in [0.717, 1.165) is 5.57 Å². The van der Waals surface area contributed by atoms with E-state index in [1.54, 1.807) is 13.8 Å². The van der Waals surface area contributed by atoms with Crippen molar-refractivity contribution in [3.63, 3.8) is 0 Å². The van der Waals surface area contributed by atoms with Crippen molar-refractivity contribution in [2.24, 2.45) is 5.73 Å². The van der Waals surface area contributed by atoms with Crippen molar-refractivity contribution in [3.05, 3.63) is 23.4 Å². The van der Waals surface area contributed by atoms with Crippen molar-refractivity contribution in [2.75, 3.05) is 0 Å². The van der Waals surface area contributed by atoms with Crippen LogP contribution in [-0.2, 0) is 4.79 Å². The van der Waals surface area contributed by atoms with Gasteiger partial charge in [0.15, 0.2) is 5.78 Å². The molecule has 0 rings (SSSR count). The van der Waals surface area contributed by atoms with Crippen LogP contribution in [0.5, 0.6) is 0 Å². The topological polar surface area (TPSA) is 43.1 Å². The van der Waals surface area contributed by atoms with Gasteiger partial charge in [-0.25, -0.2) is 0 Å². The molecule has 2 heteroatoms. The van der Waals surface area contributed by atoms with Gasteiger partial charge in [0, 0.05) is 11.3 Å². The largest absolute Gasteiger partial charge is 0.402 e. The molecule has 0 spiro atoms. The summed E-state index contributed by atoms with van der Waals surface area (Å²) in [6.07, 6.45) is 0. The fourth-order valence-electron chi connectivity index (χ4n) is 0.915. The Hall–Kier alpha value is -1.05. The minimum atomic E-state index is -0.0208. The zero-order chi connectivity index (χ0) is 8.31. The molecule has 0 aromatic heterocycles. The van der Waals surface area contributed by atoms with Crippen LogP contribution < -0.4 is 5.73 Å². The summed E-state index contributed by atoms with van der Waals surface area (Å²) < 4.78 is 0. The average molecular weight is 139 g/mol. The molecule has 2 N–H and O–H groups in total. The van der Waals surface area contributed by atoms with E-state index >= 15 is 0 Å². The Morgan fingerprint density at radius 2 is 1.70 bits per heavy atom. The Labute approximate surface area is 61.4 Å². The molecule has 0 unspecified atom stereocenters. The predicted molar refractivity (Wildman–Crippen MR) is 42.4 cm³/mol. The Balaban J connectivity index is 4.79. The number of rotatable bonds is 2. The van der Waals surface area contributed by atoms with Gasteiger partial charge in [-0.15, -0.1) is 0 Å². The van der Waals surface area contributed by atoms with Crippen LogP contribution in [0.15, 0.2) is 23.4 Å². The lowest BCUT2D eigenvalue weighted by Crippen LogP contribution is -2.06. The highest BCUT2D eigenvalue weighted by Gasteiger charge is 2.05. The second kappa shape index (κ2) is 3.20. The first kappa shape index (κ1) is 8.95. The molecule has 10 heavy (non-hydrogen) atoms. The molecule has 0 aliphatic heterocycles. The van der Waals surface area contributed by atoms with Crippen LogP contribution >= 0.6 is 0 Å². The fourth-order valence-corrected chi connectivity index (χ4v) is 0.915. The molecule has 0 aliphatic rings. The van der Waals surface area contributed by atoms with Crippen LogP contribution in [0.3, 0.4) is 0 Å². The molecule has 0 aromatic carbocycles. The van der Waals surface area contributed by atoms with E-state index in [2.05, 4.69) is 6.58 Å². The van der Waals surface area contributed by atoms with Crippen LogP contribution in [0.2, 0.25) is 0 Å². The predicted octanol–water partition coefficient (Wildman–Crippen LogP) is 1.38. The van der Waals surface area contributed by atoms with Gasteiger partial charge >= 0.3 is 0 Å². The van der Waals surface area contributed by atoms with Gasteiger partial charge in [0.1, 0.15) is 0 Å². The lowest BCUT2D eigenvalue weighted by atomic mass is 10.0. The van der Waals surface area contributed by atoms with E-state index in [0.29, 0.717) is 11.3 Å². The molecule has 2 nitrogen and oxygen atoms in total. The highest BCUT2D eigenvalue weighted by Crippen LogP contribution is 2.09. The number of Topliss-reactive ketones (excluding diaryl/α,β-unsaturated/α-hetero) is 1. The van der Waals surface area contributed by atoms with E-state index in [4.69, 9.17) is 5.73 Å². The maximum atomic E-state index is 10.8. The number of allylic oxidation sites excluding steroid dienone is 3. The Morgan fingerprint density at radius 3 is 1.70 bits per heavy atom. The lowest BCUT2D eigenvalue weighted by Gasteiger charge is -2.03. The number of hydrogen-bond donors (Lipinski definition) is 1. The van der Waals surface area contributed by atoms with Crippen LogP contribution in [0.4, 0.5) is 0 Å². The van der Waals surface area contributed by atoms with Gasteiger partial charge in [0.2, 0.25) is 0 Å². The minimum Gasteiger partial charge on any atom is -0.402 e. The fraction of sp³-hybridized carbons (Fsp3) is 0.375. The molecular formula is C8H13NO. The first-order chi connectivity index (χ1) is 4.46.